The van der Waals surface area contributed by atoms with Crippen LogP contribution in [0.5, 0.6) is 0 Å². The molecule has 1 aliphatic heterocycles. The SMILES string of the molecule is ICC1(CI)CSC1. The average molecular weight is 354 g/mol. The predicted molar refractivity (Wildman–Crippen MR) is 57.5 cm³/mol. The van der Waals surface area contributed by atoms with E-state index in [1.54, 1.807) is 0 Å². The molecule has 1 rings (SSSR count). The summed E-state index contributed by atoms with van der Waals surface area (Å²) in [6.07, 6.45) is 0. The van der Waals surface area contributed by atoms with Crippen LogP contribution in [-0.2, 0) is 0 Å². The third kappa shape index (κ3) is 1.45. The van der Waals surface area contributed by atoms with Crippen molar-refractivity contribution in [3.8, 4) is 0 Å². The van der Waals surface area contributed by atoms with Gasteiger partial charge in [0.2, 0.25) is 0 Å². The van der Waals surface area contributed by atoms with Crippen molar-refractivity contribution in [3.05, 3.63) is 0 Å². The summed E-state index contributed by atoms with van der Waals surface area (Å²) in [5.74, 6) is 2.80. The zero-order valence-electron chi connectivity index (χ0n) is 4.49. The van der Waals surface area contributed by atoms with E-state index < -0.39 is 0 Å². The van der Waals surface area contributed by atoms with Crippen LogP contribution in [0.3, 0.4) is 0 Å². The van der Waals surface area contributed by atoms with Gasteiger partial charge in [-0.2, -0.15) is 11.8 Å². The number of rotatable bonds is 2. The smallest absolute Gasteiger partial charge is 0.00752 e. The fourth-order valence-corrected chi connectivity index (χ4v) is 5.88. The van der Waals surface area contributed by atoms with Gasteiger partial charge in [0.15, 0.2) is 0 Å². The van der Waals surface area contributed by atoms with E-state index in [-0.39, 0.29) is 0 Å². The van der Waals surface area contributed by atoms with Gasteiger partial charge in [0.1, 0.15) is 0 Å². The molecule has 0 aliphatic carbocycles. The van der Waals surface area contributed by atoms with Crippen LogP contribution in [0.15, 0.2) is 0 Å². The summed E-state index contributed by atoms with van der Waals surface area (Å²) in [6.45, 7) is 0. The minimum Gasteiger partial charge on any atom is -0.161 e. The molecule has 1 heterocycles. The molecule has 0 nitrogen and oxygen atoms in total. The van der Waals surface area contributed by atoms with Crippen molar-refractivity contribution >= 4 is 56.9 Å². The predicted octanol–water partition coefficient (Wildman–Crippen LogP) is 2.59. The average Bonchev–Trinajstić information content (AvgIpc) is 1.67. The fraction of sp³-hybridized carbons (Fsp3) is 1.00. The van der Waals surface area contributed by atoms with Gasteiger partial charge in [0.05, 0.1) is 0 Å². The van der Waals surface area contributed by atoms with Crippen molar-refractivity contribution in [2.24, 2.45) is 5.41 Å². The first-order valence-corrected chi connectivity index (χ1v) is 6.73. The van der Waals surface area contributed by atoms with Gasteiger partial charge in [-0.1, -0.05) is 45.2 Å². The molecule has 0 unspecified atom stereocenters. The highest BCUT2D eigenvalue weighted by Gasteiger charge is 2.35. The van der Waals surface area contributed by atoms with E-state index in [2.05, 4.69) is 56.9 Å². The quantitative estimate of drug-likeness (QED) is 0.543. The largest absolute Gasteiger partial charge is 0.161 e. The molecule has 0 aromatic carbocycles. The van der Waals surface area contributed by atoms with Gasteiger partial charge in [0.25, 0.3) is 0 Å². The van der Waals surface area contributed by atoms with E-state index in [0.29, 0.717) is 0 Å². The standard InChI is InChI=1S/C5H8I2S/c6-1-5(2-7)3-8-4-5/h1-4H2. The highest BCUT2D eigenvalue weighted by atomic mass is 127. The highest BCUT2D eigenvalue weighted by Crippen LogP contribution is 2.40. The molecular formula is C5H8I2S. The lowest BCUT2D eigenvalue weighted by molar-refractivity contribution is 0.502. The van der Waals surface area contributed by atoms with E-state index in [1.165, 1.54) is 20.4 Å². The maximum Gasteiger partial charge on any atom is 0.00752 e. The lowest BCUT2D eigenvalue weighted by Crippen LogP contribution is -2.38. The molecule has 1 aliphatic rings. The van der Waals surface area contributed by atoms with Crippen LogP contribution in [0.1, 0.15) is 0 Å². The monoisotopic (exact) mass is 354 g/mol. The number of hydrogen-bond acceptors (Lipinski definition) is 1. The third-order valence-corrected chi connectivity index (χ3v) is 6.25. The van der Waals surface area contributed by atoms with Crippen LogP contribution < -0.4 is 0 Å². The van der Waals surface area contributed by atoms with Gasteiger partial charge < -0.3 is 0 Å². The lowest BCUT2D eigenvalue weighted by Gasteiger charge is -2.38. The molecule has 3 heteroatoms. The molecule has 0 bridgehead atoms. The molecule has 0 atom stereocenters. The Labute approximate surface area is 81.8 Å². The van der Waals surface area contributed by atoms with Crippen LogP contribution >= 0.6 is 56.9 Å². The van der Waals surface area contributed by atoms with E-state index in [4.69, 9.17) is 0 Å². The number of thioether (sulfide) groups is 1. The van der Waals surface area contributed by atoms with Gasteiger partial charge in [-0.15, -0.1) is 0 Å². The van der Waals surface area contributed by atoms with Crippen molar-refractivity contribution in [1.82, 2.24) is 0 Å². The lowest BCUT2D eigenvalue weighted by atomic mass is 9.99. The number of alkyl halides is 2. The summed E-state index contributed by atoms with van der Waals surface area (Å²) in [4.78, 5) is 0. The molecule has 0 saturated carbocycles. The van der Waals surface area contributed by atoms with E-state index in [0.717, 1.165) is 5.41 Å². The number of halogens is 2. The second kappa shape index (κ2) is 3.27. The maximum atomic E-state index is 2.50. The van der Waals surface area contributed by atoms with Crippen molar-refractivity contribution in [3.63, 3.8) is 0 Å². The maximum absolute atomic E-state index is 2.50. The van der Waals surface area contributed by atoms with E-state index >= 15 is 0 Å². The van der Waals surface area contributed by atoms with Crippen molar-refractivity contribution in [1.29, 1.82) is 0 Å². The van der Waals surface area contributed by atoms with Gasteiger partial charge in [-0.3, -0.25) is 0 Å². The van der Waals surface area contributed by atoms with Crippen LogP contribution in [0.2, 0.25) is 0 Å². The molecular weight excluding hydrogens is 346 g/mol. The Hall–Kier alpha value is 1.81. The molecule has 1 fully saturated rings. The molecule has 0 amide bonds. The van der Waals surface area contributed by atoms with Gasteiger partial charge in [-0.05, 0) is 0 Å². The van der Waals surface area contributed by atoms with Crippen LogP contribution in [0, 0.1) is 5.41 Å². The summed E-state index contributed by atoms with van der Waals surface area (Å²) in [7, 11) is 0. The first kappa shape index (κ1) is 7.91. The highest BCUT2D eigenvalue weighted by molar-refractivity contribution is 14.1. The molecule has 0 radical (unpaired) electrons. The Morgan fingerprint density at radius 2 is 1.75 bits per heavy atom. The Bertz CT molecular complexity index is 67.0. The van der Waals surface area contributed by atoms with Gasteiger partial charge >= 0.3 is 0 Å². The molecule has 8 heavy (non-hydrogen) atoms. The van der Waals surface area contributed by atoms with Crippen LogP contribution in [-0.4, -0.2) is 20.4 Å². The van der Waals surface area contributed by atoms with Crippen LogP contribution in [0.25, 0.3) is 0 Å². The normalized spacial score (nSPS) is 24.8. The van der Waals surface area contributed by atoms with Crippen molar-refractivity contribution in [2.75, 3.05) is 20.4 Å². The summed E-state index contributed by atoms with van der Waals surface area (Å²) in [5, 5.41) is 0. The summed E-state index contributed by atoms with van der Waals surface area (Å²) in [5.41, 5.74) is 0.742. The third-order valence-electron chi connectivity index (χ3n) is 1.38. The van der Waals surface area contributed by atoms with Gasteiger partial charge in [0, 0.05) is 25.8 Å². The van der Waals surface area contributed by atoms with Crippen molar-refractivity contribution in [2.45, 2.75) is 0 Å². The zero-order chi connectivity index (χ0) is 6.04. The summed E-state index contributed by atoms with van der Waals surface area (Å²) < 4.78 is 2.70. The van der Waals surface area contributed by atoms with E-state index in [9.17, 15) is 0 Å². The summed E-state index contributed by atoms with van der Waals surface area (Å²) in [6, 6.07) is 0. The van der Waals surface area contributed by atoms with Crippen LogP contribution in [0.4, 0.5) is 0 Å². The topological polar surface area (TPSA) is 0 Å². The summed E-state index contributed by atoms with van der Waals surface area (Å²) >= 11 is 7.08. The number of hydrogen-bond donors (Lipinski definition) is 0. The Morgan fingerprint density at radius 3 is 1.75 bits per heavy atom. The molecule has 1 saturated heterocycles. The Balaban J connectivity index is 2.33. The first-order chi connectivity index (χ1) is 3.83. The van der Waals surface area contributed by atoms with Gasteiger partial charge in [-0.25, -0.2) is 0 Å². The first-order valence-electron chi connectivity index (χ1n) is 2.53. The van der Waals surface area contributed by atoms with E-state index in [1.807, 2.05) is 0 Å². The Kier molecular flexibility index (Phi) is 3.24. The second-order valence-corrected chi connectivity index (χ2v) is 4.77. The molecule has 0 aromatic heterocycles. The molecule has 0 spiro atoms. The van der Waals surface area contributed by atoms with Crippen molar-refractivity contribution < 1.29 is 0 Å². The minimum absolute atomic E-state index is 0.742. The molecule has 0 aromatic rings. The molecule has 0 N–H and O–H groups in total. The second-order valence-electron chi connectivity index (χ2n) is 2.26. The zero-order valence-corrected chi connectivity index (χ0v) is 9.62. The Morgan fingerprint density at radius 1 is 1.25 bits per heavy atom. The minimum atomic E-state index is 0.742. The fourth-order valence-electron chi connectivity index (χ4n) is 0.581. The molecule has 48 valence electrons.